The van der Waals surface area contributed by atoms with E-state index >= 15 is 0 Å². The lowest BCUT2D eigenvalue weighted by molar-refractivity contribution is 0.141. The molecule has 4 heteroatoms. The molecular formula is C20H26N2OS. The van der Waals surface area contributed by atoms with E-state index in [1.807, 2.05) is 6.07 Å². The standard InChI is InChI=1S/C20H26N2OS/c1-16-10-11-20(19-9-5-4-8-18(16)19)24(23)22-14-12-21(13-15-22)17-6-2-3-7-17/h4-5,8-11,17H,2-3,6-7,12-15H2,1H3. The molecule has 3 nitrogen and oxygen atoms in total. The Hall–Kier alpha value is -1.23. The highest BCUT2D eigenvalue weighted by Crippen LogP contribution is 2.28. The number of piperazine rings is 1. The van der Waals surface area contributed by atoms with Crippen LogP contribution in [0.1, 0.15) is 31.2 Å². The molecule has 1 unspecified atom stereocenters. The second-order valence-corrected chi connectivity index (χ2v) is 8.53. The molecule has 0 N–H and O–H groups in total. The predicted octanol–water partition coefficient (Wildman–Crippen LogP) is 3.73. The molecule has 1 saturated heterocycles. The summed E-state index contributed by atoms with van der Waals surface area (Å²) in [5.74, 6) is 0. The summed E-state index contributed by atoms with van der Waals surface area (Å²) in [6.45, 7) is 6.05. The van der Waals surface area contributed by atoms with Gasteiger partial charge in [-0.1, -0.05) is 43.2 Å². The molecule has 1 aliphatic carbocycles. The van der Waals surface area contributed by atoms with Crippen molar-refractivity contribution in [1.29, 1.82) is 0 Å². The molecule has 2 aliphatic rings. The second-order valence-electron chi connectivity index (χ2n) is 7.08. The normalized spacial score (nSPS) is 22.2. The van der Waals surface area contributed by atoms with Crippen LogP contribution in [-0.2, 0) is 11.0 Å². The van der Waals surface area contributed by atoms with E-state index in [9.17, 15) is 4.21 Å². The van der Waals surface area contributed by atoms with Crippen molar-refractivity contribution in [3.05, 3.63) is 42.0 Å². The zero-order valence-corrected chi connectivity index (χ0v) is 15.2. The number of hydrogen-bond donors (Lipinski definition) is 0. The molecule has 4 rings (SSSR count). The molecule has 0 bridgehead atoms. The highest BCUT2D eigenvalue weighted by atomic mass is 32.2. The van der Waals surface area contributed by atoms with Crippen molar-refractivity contribution in [2.24, 2.45) is 0 Å². The third-order valence-electron chi connectivity index (χ3n) is 5.64. The number of hydrogen-bond acceptors (Lipinski definition) is 2. The van der Waals surface area contributed by atoms with Crippen molar-refractivity contribution < 1.29 is 4.21 Å². The smallest absolute Gasteiger partial charge is 0.128 e. The van der Waals surface area contributed by atoms with Crippen LogP contribution in [0.4, 0.5) is 0 Å². The van der Waals surface area contributed by atoms with Crippen molar-refractivity contribution >= 4 is 21.8 Å². The van der Waals surface area contributed by atoms with Crippen LogP contribution < -0.4 is 0 Å². The van der Waals surface area contributed by atoms with Crippen LogP contribution in [0.3, 0.4) is 0 Å². The molecule has 2 fully saturated rings. The van der Waals surface area contributed by atoms with Crippen LogP contribution in [0.5, 0.6) is 0 Å². The van der Waals surface area contributed by atoms with Crippen LogP contribution >= 0.6 is 0 Å². The van der Waals surface area contributed by atoms with Gasteiger partial charge in [-0.25, -0.2) is 8.51 Å². The van der Waals surface area contributed by atoms with Crippen molar-refractivity contribution in [3.8, 4) is 0 Å². The van der Waals surface area contributed by atoms with Crippen LogP contribution in [0, 0.1) is 6.92 Å². The van der Waals surface area contributed by atoms with Crippen molar-refractivity contribution in [3.63, 3.8) is 0 Å². The monoisotopic (exact) mass is 342 g/mol. The third-order valence-corrected chi connectivity index (χ3v) is 7.21. The average Bonchev–Trinajstić information content (AvgIpc) is 3.17. The van der Waals surface area contributed by atoms with Gasteiger partial charge in [-0.2, -0.15) is 0 Å². The van der Waals surface area contributed by atoms with Gasteiger partial charge in [-0.3, -0.25) is 4.90 Å². The van der Waals surface area contributed by atoms with Gasteiger partial charge in [0.1, 0.15) is 11.0 Å². The van der Waals surface area contributed by atoms with Crippen LogP contribution in [-0.4, -0.2) is 45.6 Å². The molecule has 24 heavy (non-hydrogen) atoms. The SMILES string of the molecule is Cc1ccc(S(=O)N2CCN(C3CCCC3)CC2)c2ccccc12. The Balaban J connectivity index is 1.52. The Morgan fingerprint density at radius 2 is 1.58 bits per heavy atom. The lowest BCUT2D eigenvalue weighted by atomic mass is 10.1. The average molecular weight is 343 g/mol. The van der Waals surface area contributed by atoms with Gasteiger partial charge >= 0.3 is 0 Å². The van der Waals surface area contributed by atoms with E-state index in [0.29, 0.717) is 0 Å². The molecule has 128 valence electrons. The van der Waals surface area contributed by atoms with Crippen LogP contribution in [0.2, 0.25) is 0 Å². The Kier molecular flexibility index (Phi) is 4.70. The number of benzene rings is 2. The minimum absolute atomic E-state index is 0.779. The fraction of sp³-hybridized carbons (Fsp3) is 0.500. The number of rotatable bonds is 3. The maximum Gasteiger partial charge on any atom is 0.128 e. The fourth-order valence-electron chi connectivity index (χ4n) is 4.22. The first-order valence-corrected chi connectivity index (χ1v) is 10.2. The zero-order valence-electron chi connectivity index (χ0n) is 14.4. The first-order valence-electron chi connectivity index (χ1n) is 9.13. The molecular weight excluding hydrogens is 316 g/mol. The van der Waals surface area contributed by atoms with Gasteiger partial charge in [0.05, 0.1) is 4.90 Å². The van der Waals surface area contributed by atoms with Crippen molar-refractivity contribution in [2.75, 3.05) is 26.2 Å². The Morgan fingerprint density at radius 3 is 2.29 bits per heavy atom. The summed E-state index contributed by atoms with van der Waals surface area (Å²) in [7, 11) is -1.06. The summed E-state index contributed by atoms with van der Waals surface area (Å²) >= 11 is 0. The minimum Gasteiger partial charge on any atom is -0.298 e. The summed E-state index contributed by atoms with van der Waals surface area (Å²) in [6.07, 6.45) is 5.47. The van der Waals surface area contributed by atoms with E-state index in [0.717, 1.165) is 42.5 Å². The number of nitrogens with zero attached hydrogens (tertiary/aromatic N) is 2. The Labute approximate surface area is 147 Å². The minimum atomic E-state index is -1.06. The van der Waals surface area contributed by atoms with Crippen molar-refractivity contribution in [2.45, 2.75) is 43.5 Å². The van der Waals surface area contributed by atoms with Gasteiger partial charge in [-0.15, -0.1) is 0 Å². The van der Waals surface area contributed by atoms with Crippen molar-refractivity contribution in [1.82, 2.24) is 9.21 Å². The van der Waals surface area contributed by atoms with Gasteiger partial charge in [0, 0.05) is 32.2 Å². The Morgan fingerprint density at radius 1 is 0.917 bits per heavy atom. The van der Waals surface area contributed by atoms with Crippen LogP contribution in [0.25, 0.3) is 10.8 Å². The van der Waals surface area contributed by atoms with E-state index in [-0.39, 0.29) is 0 Å². The van der Waals surface area contributed by atoms with Gasteiger partial charge in [-0.05, 0) is 42.2 Å². The predicted molar refractivity (Wildman–Crippen MR) is 100 cm³/mol. The Bertz CT molecular complexity index is 746. The maximum absolute atomic E-state index is 13.2. The number of aryl methyl sites for hydroxylation is 1. The van der Waals surface area contributed by atoms with E-state index in [2.05, 4.69) is 46.5 Å². The lowest BCUT2D eigenvalue weighted by Gasteiger charge is -2.37. The topological polar surface area (TPSA) is 23.6 Å². The highest BCUT2D eigenvalue weighted by Gasteiger charge is 2.28. The summed E-state index contributed by atoms with van der Waals surface area (Å²) in [5.41, 5.74) is 1.25. The lowest BCUT2D eigenvalue weighted by Crippen LogP contribution is -2.50. The second kappa shape index (κ2) is 6.95. The molecule has 1 atom stereocenters. The molecule has 0 aromatic heterocycles. The first kappa shape index (κ1) is 16.2. The van der Waals surface area contributed by atoms with Gasteiger partial charge in [0.25, 0.3) is 0 Å². The third kappa shape index (κ3) is 3.03. The molecule has 2 aromatic rings. The molecule has 0 radical (unpaired) electrons. The maximum atomic E-state index is 13.2. The summed E-state index contributed by atoms with van der Waals surface area (Å²) in [4.78, 5) is 3.58. The zero-order chi connectivity index (χ0) is 16.5. The summed E-state index contributed by atoms with van der Waals surface area (Å²) < 4.78 is 15.3. The molecule has 0 spiro atoms. The van der Waals surface area contributed by atoms with E-state index in [1.54, 1.807) is 0 Å². The van der Waals surface area contributed by atoms with Gasteiger partial charge in [0.2, 0.25) is 0 Å². The molecule has 1 aliphatic heterocycles. The molecule has 1 heterocycles. The quantitative estimate of drug-likeness (QED) is 0.848. The molecule has 1 saturated carbocycles. The van der Waals surface area contributed by atoms with Gasteiger partial charge < -0.3 is 0 Å². The summed E-state index contributed by atoms with van der Waals surface area (Å²) in [5, 5.41) is 2.35. The molecule has 2 aromatic carbocycles. The van der Waals surface area contributed by atoms with E-state index < -0.39 is 11.0 Å². The summed E-state index contributed by atoms with van der Waals surface area (Å²) in [6, 6.07) is 13.3. The van der Waals surface area contributed by atoms with Gasteiger partial charge in [0.15, 0.2) is 0 Å². The van der Waals surface area contributed by atoms with E-state index in [4.69, 9.17) is 0 Å². The fourth-order valence-corrected chi connectivity index (χ4v) is 5.54. The highest BCUT2D eigenvalue weighted by molar-refractivity contribution is 7.83. The largest absolute Gasteiger partial charge is 0.298 e. The van der Waals surface area contributed by atoms with Crippen LogP contribution in [0.15, 0.2) is 41.3 Å². The molecule has 0 amide bonds. The first-order chi connectivity index (χ1) is 11.7. The van der Waals surface area contributed by atoms with E-state index in [1.165, 1.54) is 36.6 Å². The number of fused-ring (bicyclic) bond motifs is 1.